The molecule has 3 aliphatic rings. The Bertz CT molecular complexity index is 1850. The molecule has 1 spiro atoms. The van der Waals surface area contributed by atoms with Crippen LogP contribution in [-0.2, 0) is 10.2 Å². The summed E-state index contributed by atoms with van der Waals surface area (Å²) in [5, 5.41) is 3.62. The van der Waals surface area contributed by atoms with Crippen molar-refractivity contribution in [3.8, 4) is 5.75 Å². The lowest BCUT2D eigenvalue weighted by molar-refractivity contribution is -0.122. The molecule has 1 fully saturated rings. The normalized spacial score (nSPS) is 23.0. The van der Waals surface area contributed by atoms with Gasteiger partial charge < -0.3 is 15.0 Å². The SMILES string of the molecule is CCOc1ccccc1C(=O)[C@@H]1[C@@H](C(=O)c2ccc(Cl)cc2Cl)N2C=Cc3ccccc3[C@@H]2[C@]12C(=O)Nc1ccccc12. The molecule has 4 aromatic rings. The van der Waals surface area contributed by atoms with Gasteiger partial charge in [0, 0.05) is 22.5 Å². The predicted molar refractivity (Wildman–Crippen MR) is 167 cm³/mol. The van der Waals surface area contributed by atoms with Gasteiger partial charge in [-0.3, -0.25) is 14.4 Å². The number of hydrogen-bond acceptors (Lipinski definition) is 5. The zero-order valence-electron chi connectivity index (χ0n) is 23.1. The number of fused-ring (bicyclic) bond motifs is 6. The third kappa shape index (κ3) is 3.97. The topological polar surface area (TPSA) is 75.7 Å². The Labute approximate surface area is 258 Å². The number of halogens is 2. The van der Waals surface area contributed by atoms with Crippen molar-refractivity contribution in [1.82, 2.24) is 4.90 Å². The molecule has 0 unspecified atom stereocenters. The second-order valence-corrected chi connectivity index (χ2v) is 11.7. The van der Waals surface area contributed by atoms with Crippen molar-refractivity contribution in [3.63, 3.8) is 0 Å². The lowest BCUT2D eigenvalue weighted by Crippen LogP contribution is -2.49. The number of rotatable bonds is 6. The van der Waals surface area contributed by atoms with Gasteiger partial charge in [-0.05, 0) is 66.1 Å². The molecule has 3 aliphatic heterocycles. The van der Waals surface area contributed by atoms with Crippen LogP contribution in [0.4, 0.5) is 5.69 Å². The fraction of sp³-hybridized carbons (Fsp3) is 0.171. The average molecular weight is 610 g/mol. The third-order valence-corrected chi connectivity index (χ3v) is 9.32. The van der Waals surface area contributed by atoms with Crippen LogP contribution in [0.2, 0.25) is 10.0 Å². The minimum absolute atomic E-state index is 0.175. The Hall–Kier alpha value is -4.39. The molecule has 4 atom stereocenters. The van der Waals surface area contributed by atoms with Gasteiger partial charge in [-0.25, -0.2) is 0 Å². The van der Waals surface area contributed by atoms with Crippen LogP contribution in [0.5, 0.6) is 5.75 Å². The van der Waals surface area contributed by atoms with Gasteiger partial charge in [0.1, 0.15) is 17.2 Å². The van der Waals surface area contributed by atoms with E-state index in [0.717, 1.165) is 11.1 Å². The smallest absolute Gasteiger partial charge is 0.238 e. The van der Waals surface area contributed by atoms with Gasteiger partial charge >= 0.3 is 0 Å². The van der Waals surface area contributed by atoms with Gasteiger partial charge in [0.25, 0.3) is 0 Å². The molecule has 0 aromatic heterocycles. The van der Waals surface area contributed by atoms with Crippen molar-refractivity contribution in [2.75, 3.05) is 11.9 Å². The Morgan fingerprint density at radius 1 is 0.907 bits per heavy atom. The number of carbonyl (C=O) groups excluding carboxylic acids is 3. The van der Waals surface area contributed by atoms with Crippen LogP contribution in [-0.4, -0.2) is 35.0 Å². The van der Waals surface area contributed by atoms with E-state index in [-0.39, 0.29) is 28.1 Å². The molecule has 214 valence electrons. The lowest BCUT2D eigenvalue weighted by atomic mass is 9.62. The first-order valence-electron chi connectivity index (χ1n) is 14.1. The molecule has 43 heavy (non-hydrogen) atoms. The summed E-state index contributed by atoms with van der Waals surface area (Å²) in [7, 11) is 0. The summed E-state index contributed by atoms with van der Waals surface area (Å²) < 4.78 is 5.88. The van der Waals surface area contributed by atoms with Crippen LogP contribution in [0.15, 0.2) is 97.2 Å². The summed E-state index contributed by atoms with van der Waals surface area (Å²) in [5.74, 6) is -1.82. The fourth-order valence-corrected chi connectivity index (χ4v) is 7.64. The molecule has 0 saturated carbocycles. The predicted octanol–water partition coefficient (Wildman–Crippen LogP) is 7.37. The maximum atomic E-state index is 15.1. The van der Waals surface area contributed by atoms with Crippen molar-refractivity contribution >= 4 is 52.4 Å². The number of amides is 1. The fourth-order valence-electron chi connectivity index (χ4n) is 7.14. The monoisotopic (exact) mass is 608 g/mol. The molecule has 1 amide bonds. The zero-order chi connectivity index (χ0) is 29.9. The number of hydrogen-bond donors (Lipinski definition) is 1. The summed E-state index contributed by atoms with van der Waals surface area (Å²) in [6.45, 7) is 2.19. The maximum Gasteiger partial charge on any atom is 0.238 e. The summed E-state index contributed by atoms with van der Waals surface area (Å²) >= 11 is 12.8. The largest absolute Gasteiger partial charge is 0.493 e. The van der Waals surface area contributed by atoms with Gasteiger partial charge in [-0.2, -0.15) is 0 Å². The van der Waals surface area contributed by atoms with E-state index in [2.05, 4.69) is 5.32 Å². The Morgan fingerprint density at radius 2 is 1.65 bits per heavy atom. The van der Waals surface area contributed by atoms with E-state index < -0.39 is 23.4 Å². The maximum absolute atomic E-state index is 15.1. The van der Waals surface area contributed by atoms with Crippen molar-refractivity contribution in [2.24, 2.45) is 5.92 Å². The van der Waals surface area contributed by atoms with Crippen LogP contribution in [0.25, 0.3) is 6.08 Å². The van der Waals surface area contributed by atoms with Gasteiger partial charge in [0.15, 0.2) is 11.6 Å². The number of anilines is 1. The second-order valence-electron chi connectivity index (χ2n) is 10.9. The molecule has 0 aliphatic carbocycles. The molecule has 6 nitrogen and oxygen atoms in total. The van der Waals surface area contributed by atoms with Gasteiger partial charge in [0.2, 0.25) is 5.91 Å². The minimum Gasteiger partial charge on any atom is -0.493 e. The number of Topliss-reactive ketones (excluding diaryl/α,β-unsaturated/α-hetero) is 2. The summed E-state index contributed by atoms with van der Waals surface area (Å²) in [6, 6.07) is 25.1. The minimum atomic E-state index is -1.45. The Balaban J connectivity index is 1.55. The third-order valence-electron chi connectivity index (χ3n) is 8.77. The summed E-state index contributed by atoms with van der Waals surface area (Å²) in [5.41, 5.74) is 2.14. The van der Waals surface area contributed by atoms with E-state index in [4.69, 9.17) is 27.9 Å². The van der Waals surface area contributed by atoms with Crippen molar-refractivity contribution in [1.29, 1.82) is 0 Å². The molecule has 7 rings (SSSR count). The zero-order valence-corrected chi connectivity index (χ0v) is 24.6. The molecule has 3 heterocycles. The molecule has 4 aromatic carbocycles. The van der Waals surface area contributed by atoms with Gasteiger partial charge in [-0.1, -0.05) is 77.8 Å². The standard InChI is InChI=1S/C35H26Cl2N2O4/c1-2-43-28-14-8-5-11-24(28)31(40)29-30(32(41)23-16-15-21(36)19-26(23)37)39-18-17-20-9-3-4-10-22(20)33(39)35(29)25-12-6-7-13-27(25)38-34(35)42/h3-19,29-30,33H,2H2,1H3,(H,38,42)/t29-,30-,33+,35+/m0/s1. The number of nitrogens with one attached hydrogen (secondary N) is 1. The van der Waals surface area contributed by atoms with Crippen LogP contribution in [0.3, 0.4) is 0 Å². The highest BCUT2D eigenvalue weighted by atomic mass is 35.5. The number of ketones is 2. The first-order chi connectivity index (χ1) is 20.9. The van der Waals surface area contributed by atoms with E-state index in [1.54, 1.807) is 36.4 Å². The number of para-hydroxylation sites is 2. The van der Waals surface area contributed by atoms with Crippen LogP contribution in [0, 0.1) is 5.92 Å². The number of benzene rings is 4. The van der Waals surface area contributed by atoms with E-state index in [1.165, 1.54) is 6.07 Å². The summed E-state index contributed by atoms with van der Waals surface area (Å²) in [4.78, 5) is 46.3. The molecule has 1 N–H and O–H groups in total. The highest BCUT2D eigenvalue weighted by Gasteiger charge is 2.71. The van der Waals surface area contributed by atoms with Crippen LogP contribution in [0.1, 0.15) is 50.4 Å². The quantitative estimate of drug-likeness (QED) is 0.231. The van der Waals surface area contributed by atoms with E-state index >= 15 is 4.79 Å². The summed E-state index contributed by atoms with van der Waals surface area (Å²) in [6.07, 6.45) is 3.75. The van der Waals surface area contributed by atoms with E-state index in [0.29, 0.717) is 34.2 Å². The van der Waals surface area contributed by atoms with Crippen molar-refractivity contribution < 1.29 is 19.1 Å². The molecule has 0 radical (unpaired) electrons. The number of carbonyl (C=O) groups is 3. The molecular formula is C35H26Cl2N2O4. The molecule has 1 saturated heterocycles. The Morgan fingerprint density at radius 3 is 2.47 bits per heavy atom. The molecule has 0 bridgehead atoms. The van der Waals surface area contributed by atoms with Gasteiger partial charge in [-0.15, -0.1) is 0 Å². The molecular weight excluding hydrogens is 583 g/mol. The highest BCUT2D eigenvalue weighted by Crippen LogP contribution is 2.62. The molecule has 8 heteroatoms. The first-order valence-corrected chi connectivity index (χ1v) is 14.8. The van der Waals surface area contributed by atoms with Crippen molar-refractivity contribution in [2.45, 2.75) is 24.4 Å². The Kier molecular flexibility index (Phi) is 6.64. The highest BCUT2D eigenvalue weighted by molar-refractivity contribution is 6.37. The van der Waals surface area contributed by atoms with Crippen LogP contribution >= 0.6 is 23.2 Å². The van der Waals surface area contributed by atoms with E-state index in [1.807, 2.05) is 72.6 Å². The second kappa shape index (κ2) is 10.4. The van der Waals surface area contributed by atoms with Gasteiger partial charge in [0.05, 0.1) is 29.2 Å². The lowest BCUT2D eigenvalue weighted by Gasteiger charge is -2.38. The number of ether oxygens (including phenoxy) is 1. The van der Waals surface area contributed by atoms with E-state index in [9.17, 15) is 9.59 Å². The average Bonchev–Trinajstić information content (AvgIpc) is 3.49. The number of nitrogens with zero attached hydrogens (tertiary/aromatic N) is 1. The van der Waals surface area contributed by atoms with Crippen LogP contribution < -0.4 is 10.1 Å². The first kappa shape index (κ1) is 27.4. The van der Waals surface area contributed by atoms with Crippen molar-refractivity contribution in [3.05, 3.63) is 135 Å².